The highest BCUT2D eigenvalue weighted by molar-refractivity contribution is 6.03. The first kappa shape index (κ1) is 23.7. The van der Waals surface area contributed by atoms with Gasteiger partial charge >= 0.3 is 12.1 Å². The number of hydrogen-bond acceptors (Lipinski definition) is 10. The summed E-state index contributed by atoms with van der Waals surface area (Å²) in [7, 11) is 0. The predicted molar refractivity (Wildman–Crippen MR) is 106 cm³/mol. The zero-order chi connectivity index (χ0) is 24.7. The van der Waals surface area contributed by atoms with Crippen LogP contribution in [0.5, 0.6) is 0 Å². The minimum Gasteiger partial charge on any atom is -0.833 e. The lowest BCUT2D eigenvalue weighted by molar-refractivity contribution is -0.422. The van der Waals surface area contributed by atoms with Crippen LogP contribution in [-0.4, -0.2) is 110 Å². The fourth-order valence-corrected chi connectivity index (χ4v) is 6.31. The van der Waals surface area contributed by atoms with Gasteiger partial charge in [-0.05, 0) is 13.2 Å². The number of aliphatic hydroxyl groups excluding tert-OH is 4. The number of urea groups is 2. The van der Waals surface area contributed by atoms with Gasteiger partial charge < -0.3 is 40.3 Å². The molecule has 5 fully saturated rings. The number of nitrogens with one attached hydrogen (secondary N) is 2. The molecule has 0 spiro atoms. The number of aliphatic hydroxyl groups is 4. The summed E-state index contributed by atoms with van der Waals surface area (Å²) in [4.78, 5) is 41.6. The molecular formula is C20H28N4O10-. The van der Waals surface area contributed by atoms with Gasteiger partial charge in [-0.15, -0.1) is 0 Å². The third-order valence-electron chi connectivity index (χ3n) is 8.40. The average Bonchev–Trinajstić information content (AvgIpc) is 3.34. The van der Waals surface area contributed by atoms with Gasteiger partial charge in [0.2, 0.25) is 5.91 Å². The van der Waals surface area contributed by atoms with E-state index < -0.39 is 97.2 Å². The summed E-state index contributed by atoms with van der Waals surface area (Å²) in [6.07, 6.45) is -6.87. The van der Waals surface area contributed by atoms with Gasteiger partial charge in [-0.2, -0.15) is 0 Å². The lowest BCUT2D eigenvalue weighted by Crippen LogP contribution is -2.92. The predicted octanol–water partition coefficient (Wildman–Crippen LogP) is -3.89. The third kappa shape index (κ3) is 2.78. The molecule has 2 unspecified atom stereocenters. The van der Waals surface area contributed by atoms with Crippen molar-refractivity contribution in [2.75, 3.05) is 13.2 Å². The van der Waals surface area contributed by atoms with Gasteiger partial charge in [0, 0.05) is 18.3 Å². The van der Waals surface area contributed by atoms with E-state index in [4.69, 9.17) is 9.47 Å². The molecule has 0 aromatic carbocycles. The Bertz CT molecular complexity index is 907. The average molecular weight is 484 g/mol. The first-order valence-electron chi connectivity index (χ1n) is 11.2. The molecule has 34 heavy (non-hydrogen) atoms. The second kappa shape index (κ2) is 7.71. The molecule has 1 radical (unpaired) electrons. The summed E-state index contributed by atoms with van der Waals surface area (Å²) < 4.78 is 11.4. The SMILES string of the molecule is CC12[C]([O-])NC(=O)N([C@H]3C[C@H](O)[C@@H](CO)O3)[C@@H]1[C@@H]1N([C@H]3C[C@H](O)[C@@H](CO)O3)C(=O)NC(=O)C12C. The Kier molecular flexibility index (Phi) is 5.37. The summed E-state index contributed by atoms with van der Waals surface area (Å²) >= 11 is 0. The van der Waals surface area contributed by atoms with Crippen molar-refractivity contribution in [2.24, 2.45) is 10.8 Å². The summed E-state index contributed by atoms with van der Waals surface area (Å²) in [5.74, 6) is -0.695. The van der Waals surface area contributed by atoms with Crippen molar-refractivity contribution in [3.63, 3.8) is 0 Å². The Balaban J connectivity index is 1.56. The molecule has 189 valence electrons. The largest absolute Gasteiger partial charge is 0.833 e. The van der Waals surface area contributed by atoms with E-state index in [1.165, 1.54) is 23.6 Å². The minimum atomic E-state index is -1.48. The van der Waals surface area contributed by atoms with Crippen LogP contribution >= 0.6 is 0 Å². The van der Waals surface area contributed by atoms with Gasteiger partial charge in [-0.1, -0.05) is 6.92 Å². The first-order chi connectivity index (χ1) is 16.0. The Morgan fingerprint density at radius 1 is 0.882 bits per heavy atom. The van der Waals surface area contributed by atoms with Crippen molar-refractivity contribution >= 4 is 18.0 Å². The summed E-state index contributed by atoms with van der Waals surface area (Å²) in [6, 6.07) is -3.69. The van der Waals surface area contributed by atoms with E-state index in [9.17, 15) is 39.9 Å². The molecule has 14 heteroatoms. The van der Waals surface area contributed by atoms with Crippen molar-refractivity contribution < 1.29 is 49.4 Å². The fourth-order valence-electron chi connectivity index (χ4n) is 6.31. The van der Waals surface area contributed by atoms with Crippen LogP contribution in [0.1, 0.15) is 26.7 Å². The van der Waals surface area contributed by atoms with Gasteiger partial charge in [0.05, 0.1) is 42.9 Å². The van der Waals surface area contributed by atoms with E-state index in [1.54, 1.807) is 0 Å². The third-order valence-corrected chi connectivity index (χ3v) is 8.40. The van der Waals surface area contributed by atoms with Crippen LogP contribution in [-0.2, 0) is 14.3 Å². The Hall–Kier alpha value is -2.07. The maximum absolute atomic E-state index is 13.1. The maximum Gasteiger partial charge on any atom is 0.326 e. The number of imide groups is 1. The second-order valence-corrected chi connectivity index (χ2v) is 9.86. The molecule has 14 nitrogen and oxygen atoms in total. The van der Waals surface area contributed by atoms with E-state index in [0.29, 0.717) is 0 Å². The van der Waals surface area contributed by atoms with Crippen LogP contribution in [0.3, 0.4) is 0 Å². The molecule has 4 saturated heterocycles. The van der Waals surface area contributed by atoms with E-state index in [2.05, 4.69) is 10.6 Å². The van der Waals surface area contributed by atoms with Crippen molar-refractivity contribution in [3.8, 4) is 0 Å². The molecule has 0 aromatic heterocycles. The van der Waals surface area contributed by atoms with E-state index in [-0.39, 0.29) is 12.8 Å². The zero-order valence-corrected chi connectivity index (χ0v) is 18.6. The molecular weight excluding hydrogens is 456 g/mol. The lowest BCUT2D eigenvalue weighted by Gasteiger charge is -2.76. The lowest BCUT2D eigenvalue weighted by atomic mass is 9.41. The van der Waals surface area contributed by atoms with Gasteiger partial charge in [0.15, 0.2) is 0 Å². The summed E-state index contributed by atoms with van der Waals surface area (Å²) in [6.45, 7) is 2.07. The Morgan fingerprint density at radius 3 is 1.76 bits per heavy atom. The molecule has 5 rings (SSSR count). The van der Waals surface area contributed by atoms with Crippen LogP contribution in [0.2, 0.25) is 0 Å². The van der Waals surface area contributed by atoms with E-state index in [0.717, 1.165) is 0 Å². The minimum absolute atomic E-state index is 0.0474. The number of rotatable bonds is 4. The van der Waals surface area contributed by atoms with Crippen LogP contribution < -0.4 is 15.7 Å². The number of amides is 5. The molecule has 5 aliphatic rings. The summed E-state index contributed by atoms with van der Waals surface area (Å²) in [5.41, 5.74) is -2.96. The van der Waals surface area contributed by atoms with Crippen molar-refractivity contribution in [3.05, 3.63) is 6.23 Å². The number of hydrogen-bond donors (Lipinski definition) is 6. The maximum atomic E-state index is 13.1. The van der Waals surface area contributed by atoms with Crippen LogP contribution in [0.25, 0.3) is 0 Å². The highest BCUT2D eigenvalue weighted by Crippen LogP contribution is 2.66. The summed E-state index contributed by atoms with van der Waals surface area (Å²) in [5, 5.41) is 57.1. The van der Waals surface area contributed by atoms with Gasteiger partial charge in [0.1, 0.15) is 24.7 Å². The quantitative estimate of drug-likeness (QED) is 0.229. The first-order valence-corrected chi connectivity index (χ1v) is 11.2. The van der Waals surface area contributed by atoms with Crippen LogP contribution in [0.4, 0.5) is 9.59 Å². The molecule has 5 amide bonds. The van der Waals surface area contributed by atoms with Crippen LogP contribution in [0, 0.1) is 17.1 Å². The Labute approximate surface area is 194 Å². The molecule has 6 N–H and O–H groups in total. The number of carbonyl (C=O) groups excluding carboxylic acids is 3. The van der Waals surface area contributed by atoms with Crippen molar-refractivity contribution in [1.29, 1.82) is 0 Å². The highest BCUT2D eigenvalue weighted by atomic mass is 16.6. The van der Waals surface area contributed by atoms with Crippen molar-refractivity contribution in [1.82, 2.24) is 20.4 Å². The molecule has 0 aromatic rings. The monoisotopic (exact) mass is 484 g/mol. The smallest absolute Gasteiger partial charge is 0.326 e. The van der Waals surface area contributed by atoms with Gasteiger partial charge in [-0.25, -0.2) is 9.59 Å². The van der Waals surface area contributed by atoms with E-state index in [1.807, 2.05) is 0 Å². The molecule has 0 bridgehead atoms. The topological polar surface area (TPSA) is 204 Å². The van der Waals surface area contributed by atoms with Crippen molar-refractivity contribution in [2.45, 2.75) is 75.6 Å². The standard InChI is InChI=1S/C20H28N4O10/c1-19-13(23(17(31)21-15(19)29)11-3-7(27)9(5-25)33-11)14-20(19,2)16(30)22-18(32)24(14)12-4-8(28)10(6-26)34-12/h7-14,25-28H,3-6H2,1-2H3,(H,21,31)(H,22,30,32)/q-1/t7-,8-,9+,10+,11+,12+,13+,14-,19?,20?/m0/s1. The van der Waals surface area contributed by atoms with E-state index >= 15 is 0 Å². The molecule has 10 atom stereocenters. The number of nitrogens with zero attached hydrogens (tertiary/aromatic N) is 2. The molecule has 4 aliphatic heterocycles. The van der Waals surface area contributed by atoms with Gasteiger partial charge in [0.25, 0.3) is 0 Å². The number of fused-ring (bicyclic) bond motifs is 4. The number of ether oxygens (including phenoxy) is 2. The number of carbonyl (C=O) groups is 3. The highest BCUT2D eigenvalue weighted by Gasteiger charge is 2.80. The molecule has 4 heterocycles. The molecule has 1 saturated carbocycles. The fraction of sp³-hybridized carbons (Fsp3) is 0.800. The normalized spacial score (nSPS) is 48.9. The Morgan fingerprint density at radius 2 is 1.32 bits per heavy atom. The van der Waals surface area contributed by atoms with Crippen LogP contribution in [0.15, 0.2) is 0 Å². The zero-order valence-electron chi connectivity index (χ0n) is 18.6. The molecule has 1 aliphatic carbocycles. The van der Waals surface area contributed by atoms with Gasteiger partial charge in [-0.3, -0.25) is 19.9 Å². The second-order valence-electron chi connectivity index (χ2n) is 9.86.